The van der Waals surface area contributed by atoms with Gasteiger partial charge < -0.3 is 8.80 Å². The summed E-state index contributed by atoms with van der Waals surface area (Å²) in [6.45, 7) is 0. The smallest absolute Gasteiger partial charge is 0.164 e. The highest BCUT2D eigenvalue weighted by Gasteiger charge is 2.25. The minimum absolute atomic E-state index is 0.643. The Labute approximate surface area is 309 Å². The van der Waals surface area contributed by atoms with Crippen LogP contribution in [0, 0.1) is 0 Å². The molecule has 250 valence electrons. The largest absolute Gasteiger partial charge is 0.305 e. The van der Waals surface area contributed by atoms with Crippen molar-refractivity contribution in [3.63, 3.8) is 0 Å². The van der Waals surface area contributed by atoms with Crippen molar-refractivity contribution in [2.24, 2.45) is 0 Å². The van der Waals surface area contributed by atoms with Gasteiger partial charge in [0.2, 0.25) is 0 Å². The van der Waals surface area contributed by atoms with E-state index in [-0.39, 0.29) is 0 Å². The monoisotopic (exact) mass is 687 g/mol. The normalized spacial score (nSPS) is 12.1. The van der Waals surface area contributed by atoms with E-state index in [1.165, 1.54) is 65.4 Å². The lowest BCUT2D eigenvalue weighted by Gasteiger charge is -2.13. The average Bonchev–Trinajstić information content (AvgIpc) is 3.78. The van der Waals surface area contributed by atoms with Crippen LogP contribution in [0.4, 0.5) is 0 Å². The summed E-state index contributed by atoms with van der Waals surface area (Å²) in [5, 5.41) is 7.68. The molecule has 5 heteroatoms. The topological polar surface area (TPSA) is 47.5 Å². The van der Waals surface area contributed by atoms with Crippen LogP contribution in [0.3, 0.4) is 0 Å². The Bertz CT molecular complexity index is 3330. The van der Waals surface area contributed by atoms with E-state index in [9.17, 15) is 0 Å². The number of nitrogens with zero attached hydrogens (tertiary/aromatic N) is 5. The van der Waals surface area contributed by atoms with Gasteiger partial charge in [0.1, 0.15) is 0 Å². The summed E-state index contributed by atoms with van der Waals surface area (Å²) >= 11 is 0. The number of para-hydroxylation sites is 3. The van der Waals surface area contributed by atoms with Gasteiger partial charge in [-0.25, -0.2) is 15.0 Å². The molecule has 12 aromatic rings. The summed E-state index contributed by atoms with van der Waals surface area (Å²) in [5.41, 5.74) is 12.4. The Morgan fingerprint density at radius 3 is 1.31 bits per heavy atom. The molecular weight excluding hydrogens is 659 g/mol. The first-order valence-electron chi connectivity index (χ1n) is 18.3. The first-order valence-corrected chi connectivity index (χ1v) is 18.3. The summed E-state index contributed by atoms with van der Waals surface area (Å²) in [7, 11) is 0. The van der Waals surface area contributed by atoms with Gasteiger partial charge in [0.25, 0.3) is 0 Å². The second-order valence-electron chi connectivity index (χ2n) is 14.0. The summed E-state index contributed by atoms with van der Waals surface area (Å²) in [5.74, 6) is 1.95. The van der Waals surface area contributed by atoms with Crippen LogP contribution in [0.1, 0.15) is 0 Å². The van der Waals surface area contributed by atoms with Crippen LogP contribution in [-0.4, -0.2) is 23.8 Å². The molecular formula is C49H29N5. The Morgan fingerprint density at radius 1 is 0.278 bits per heavy atom. The molecule has 0 unspecified atom stereocenters. The molecule has 0 radical (unpaired) electrons. The summed E-state index contributed by atoms with van der Waals surface area (Å²) in [6.07, 6.45) is 0. The van der Waals surface area contributed by atoms with Gasteiger partial charge in [0, 0.05) is 38.2 Å². The highest BCUT2D eigenvalue weighted by atomic mass is 15.0. The molecule has 0 amide bonds. The van der Waals surface area contributed by atoms with Gasteiger partial charge in [-0.3, -0.25) is 0 Å². The second-order valence-corrected chi connectivity index (χ2v) is 14.0. The van der Waals surface area contributed by atoms with Gasteiger partial charge in [-0.2, -0.15) is 0 Å². The molecule has 5 nitrogen and oxygen atoms in total. The van der Waals surface area contributed by atoms with Gasteiger partial charge in [-0.05, 0) is 52.2 Å². The Kier molecular flexibility index (Phi) is 5.99. The quantitative estimate of drug-likeness (QED) is 0.173. The fourth-order valence-electron chi connectivity index (χ4n) is 8.74. The molecule has 0 N–H and O–H groups in total. The third-order valence-corrected chi connectivity index (χ3v) is 11.1. The molecule has 8 aromatic carbocycles. The minimum atomic E-state index is 0.643. The van der Waals surface area contributed by atoms with E-state index < -0.39 is 0 Å². The molecule has 12 rings (SSSR count). The number of hydrogen-bond acceptors (Lipinski definition) is 3. The van der Waals surface area contributed by atoms with Crippen molar-refractivity contribution in [3.8, 4) is 45.3 Å². The van der Waals surface area contributed by atoms with Crippen molar-refractivity contribution in [1.29, 1.82) is 0 Å². The average molecular weight is 688 g/mol. The van der Waals surface area contributed by atoms with E-state index >= 15 is 0 Å². The maximum Gasteiger partial charge on any atom is 0.164 e. The van der Waals surface area contributed by atoms with Crippen LogP contribution >= 0.6 is 0 Å². The van der Waals surface area contributed by atoms with Crippen LogP contribution < -0.4 is 0 Å². The lowest BCUT2D eigenvalue weighted by Crippen LogP contribution is -2.00. The summed E-state index contributed by atoms with van der Waals surface area (Å²) in [4.78, 5) is 14.9. The van der Waals surface area contributed by atoms with Gasteiger partial charge in [-0.15, -0.1) is 0 Å². The zero-order chi connectivity index (χ0) is 35.3. The second kappa shape index (κ2) is 11.1. The van der Waals surface area contributed by atoms with E-state index in [1.54, 1.807) is 0 Å². The van der Waals surface area contributed by atoms with E-state index in [0.29, 0.717) is 17.5 Å². The van der Waals surface area contributed by atoms with Gasteiger partial charge in [-0.1, -0.05) is 146 Å². The van der Waals surface area contributed by atoms with Crippen LogP contribution in [0.5, 0.6) is 0 Å². The van der Waals surface area contributed by atoms with Crippen LogP contribution in [0.2, 0.25) is 0 Å². The zero-order valence-electron chi connectivity index (χ0n) is 29.0. The predicted octanol–water partition coefficient (Wildman–Crippen LogP) is 12.2. The van der Waals surface area contributed by atoms with E-state index in [1.807, 2.05) is 60.7 Å². The van der Waals surface area contributed by atoms with E-state index in [4.69, 9.17) is 15.0 Å². The molecule has 54 heavy (non-hydrogen) atoms. The van der Waals surface area contributed by atoms with Gasteiger partial charge in [0.05, 0.1) is 33.1 Å². The van der Waals surface area contributed by atoms with Crippen molar-refractivity contribution in [1.82, 2.24) is 23.8 Å². The Hall–Kier alpha value is -7.37. The van der Waals surface area contributed by atoms with Crippen molar-refractivity contribution in [2.75, 3.05) is 0 Å². The molecule has 0 saturated heterocycles. The fraction of sp³-hybridized carbons (Fsp3) is 0. The molecule has 0 saturated carbocycles. The number of hydrogen-bond donors (Lipinski definition) is 0. The van der Waals surface area contributed by atoms with Crippen LogP contribution in [0.15, 0.2) is 176 Å². The molecule has 0 aliphatic rings. The predicted molar refractivity (Wildman–Crippen MR) is 222 cm³/mol. The number of rotatable bonds is 4. The number of fused-ring (bicyclic) bond motifs is 12. The number of benzene rings is 8. The highest BCUT2D eigenvalue weighted by Crippen LogP contribution is 2.47. The molecule has 0 atom stereocenters. The van der Waals surface area contributed by atoms with Crippen LogP contribution in [0.25, 0.3) is 111 Å². The Morgan fingerprint density at radius 2 is 0.704 bits per heavy atom. The van der Waals surface area contributed by atoms with E-state index in [2.05, 4.69) is 124 Å². The summed E-state index contributed by atoms with van der Waals surface area (Å²) < 4.78 is 4.99. The van der Waals surface area contributed by atoms with Crippen molar-refractivity contribution in [2.45, 2.75) is 0 Å². The Balaban J connectivity index is 1.12. The summed E-state index contributed by atoms with van der Waals surface area (Å²) in [6, 6.07) is 62.4. The van der Waals surface area contributed by atoms with Gasteiger partial charge in [0.15, 0.2) is 17.5 Å². The molecule has 0 aliphatic heterocycles. The molecule has 0 aliphatic carbocycles. The standard InChI is InChI=1S/C49H29N5/c1-3-14-30(15-4-1)47-50-48(31-16-5-2-6-17-31)52-49(51-47)34-19-13-18-32(28-34)33-26-27-38-42(29-33)54-41-25-12-11-24-40(41)53-39-23-10-9-22-37(39)43-35-20-7-8-21-36(35)44(38)46(54)45(43)53/h1-29H. The molecule has 0 spiro atoms. The molecule has 4 heterocycles. The molecule has 4 aromatic heterocycles. The lowest BCUT2D eigenvalue weighted by atomic mass is 9.97. The molecule has 0 bridgehead atoms. The molecule has 0 fully saturated rings. The maximum absolute atomic E-state index is 5.02. The van der Waals surface area contributed by atoms with E-state index in [0.717, 1.165) is 27.8 Å². The maximum atomic E-state index is 5.02. The third kappa shape index (κ3) is 4.06. The number of aromatic nitrogens is 5. The van der Waals surface area contributed by atoms with Crippen LogP contribution in [-0.2, 0) is 0 Å². The first-order chi connectivity index (χ1) is 26.8. The van der Waals surface area contributed by atoms with Gasteiger partial charge >= 0.3 is 0 Å². The van der Waals surface area contributed by atoms with Crippen molar-refractivity contribution in [3.05, 3.63) is 176 Å². The van der Waals surface area contributed by atoms with Crippen molar-refractivity contribution >= 4 is 65.4 Å². The third-order valence-electron chi connectivity index (χ3n) is 11.1. The fourth-order valence-corrected chi connectivity index (χ4v) is 8.74. The highest BCUT2D eigenvalue weighted by molar-refractivity contribution is 6.37. The zero-order valence-corrected chi connectivity index (χ0v) is 29.0. The van der Waals surface area contributed by atoms with Crippen molar-refractivity contribution < 1.29 is 0 Å². The SMILES string of the molecule is c1ccc(-c2nc(-c3ccccc3)nc(-c3cccc(-c4ccc5c6c7ccccc7c7c8ccccc8n8c9ccccc9n(c5c4)c6c78)c3)n2)cc1. The lowest BCUT2D eigenvalue weighted by molar-refractivity contribution is 1.07. The first kappa shape index (κ1) is 29.2. The minimum Gasteiger partial charge on any atom is -0.305 e.